The van der Waals surface area contributed by atoms with Crippen molar-refractivity contribution in [1.29, 1.82) is 0 Å². The monoisotopic (exact) mass is 273 g/mol. The summed E-state index contributed by atoms with van der Waals surface area (Å²) in [4.78, 5) is 11.9. The number of nitrogens with one attached hydrogen (secondary N) is 1. The van der Waals surface area contributed by atoms with Crippen LogP contribution in [0.25, 0.3) is 11.6 Å². The fraction of sp³-hybridized carbons (Fsp3) is 0. The molecule has 0 saturated heterocycles. The Morgan fingerprint density at radius 1 is 1.16 bits per heavy atom. The molecule has 0 bridgehead atoms. The molecule has 94 valence electrons. The van der Waals surface area contributed by atoms with Gasteiger partial charge in [-0.1, -0.05) is 29.8 Å². The van der Waals surface area contributed by atoms with E-state index in [-0.39, 0.29) is 11.7 Å². The van der Waals surface area contributed by atoms with Crippen molar-refractivity contribution in [3.8, 4) is 0 Å². The second-order valence-electron chi connectivity index (χ2n) is 4.22. The number of benzene rings is 2. The largest absolute Gasteiger partial charge is 0.321 e. The third-order valence-corrected chi connectivity index (χ3v) is 3.20. The Hall–Kier alpha value is -2.13. The summed E-state index contributed by atoms with van der Waals surface area (Å²) in [5.41, 5.74) is 2.18. The summed E-state index contributed by atoms with van der Waals surface area (Å²) in [6.07, 6.45) is 1.53. The second-order valence-corrected chi connectivity index (χ2v) is 4.66. The molecular weight excluding hydrogens is 265 g/mol. The van der Waals surface area contributed by atoms with Crippen molar-refractivity contribution in [2.75, 3.05) is 5.32 Å². The summed E-state index contributed by atoms with van der Waals surface area (Å²) in [5, 5.41) is 3.26. The maximum absolute atomic E-state index is 13.6. The number of hydrogen-bond acceptors (Lipinski definition) is 1. The summed E-state index contributed by atoms with van der Waals surface area (Å²) >= 11 is 5.93. The van der Waals surface area contributed by atoms with Crippen LogP contribution in [0.5, 0.6) is 0 Å². The number of fused-ring (bicyclic) bond motifs is 1. The van der Waals surface area contributed by atoms with Gasteiger partial charge in [-0.05, 0) is 30.3 Å². The molecule has 0 fully saturated rings. The Bertz CT molecular complexity index is 709. The van der Waals surface area contributed by atoms with Crippen molar-refractivity contribution in [1.82, 2.24) is 0 Å². The highest BCUT2D eigenvalue weighted by Gasteiger charge is 2.24. The van der Waals surface area contributed by atoms with Gasteiger partial charge in [-0.2, -0.15) is 0 Å². The Kier molecular flexibility index (Phi) is 2.84. The predicted octanol–water partition coefficient (Wildman–Crippen LogP) is 3.97. The van der Waals surface area contributed by atoms with E-state index >= 15 is 0 Å². The zero-order valence-corrected chi connectivity index (χ0v) is 10.5. The molecule has 1 N–H and O–H groups in total. The number of anilines is 1. The first-order chi connectivity index (χ1) is 9.15. The van der Waals surface area contributed by atoms with E-state index in [1.165, 1.54) is 12.1 Å². The highest BCUT2D eigenvalue weighted by molar-refractivity contribution is 6.36. The van der Waals surface area contributed by atoms with E-state index in [1.807, 2.05) is 0 Å². The van der Waals surface area contributed by atoms with Crippen LogP contribution in [0.15, 0.2) is 42.5 Å². The van der Waals surface area contributed by atoms with Crippen molar-refractivity contribution in [3.05, 3.63) is 64.4 Å². The van der Waals surface area contributed by atoms with Gasteiger partial charge in [-0.25, -0.2) is 4.39 Å². The standard InChI is InChI=1S/C15H9ClFNO/c16-10-5-6-14-11(8-10)12(15(19)18-14)7-9-3-1-2-4-13(9)17/h1-8H,(H,18,19)/b12-7+. The number of carbonyl (C=O) groups is 1. The zero-order valence-electron chi connectivity index (χ0n) is 9.78. The van der Waals surface area contributed by atoms with Gasteiger partial charge in [0.1, 0.15) is 5.82 Å². The van der Waals surface area contributed by atoms with Crippen LogP contribution in [-0.2, 0) is 4.79 Å². The van der Waals surface area contributed by atoms with Crippen LogP contribution < -0.4 is 5.32 Å². The molecule has 1 aliphatic rings. The van der Waals surface area contributed by atoms with Gasteiger partial charge in [-0.15, -0.1) is 0 Å². The summed E-state index contributed by atoms with van der Waals surface area (Å²) in [5.74, 6) is -0.612. The first-order valence-electron chi connectivity index (χ1n) is 5.72. The first kappa shape index (κ1) is 11.9. The number of halogens is 2. The lowest BCUT2D eigenvalue weighted by Crippen LogP contribution is -2.03. The minimum Gasteiger partial charge on any atom is -0.321 e. The molecule has 0 spiro atoms. The predicted molar refractivity (Wildman–Crippen MR) is 74.4 cm³/mol. The maximum Gasteiger partial charge on any atom is 0.256 e. The lowest BCUT2D eigenvalue weighted by molar-refractivity contribution is -0.110. The lowest BCUT2D eigenvalue weighted by Gasteiger charge is -2.00. The number of amides is 1. The van der Waals surface area contributed by atoms with Crippen molar-refractivity contribution >= 4 is 34.8 Å². The van der Waals surface area contributed by atoms with E-state index in [0.29, 0.717) is 27.4 Å². The van der Waals surface area contributed by atoms with Crippen LogP contribution in [0.1, 0.15) is 11.1 Å². The van der Waals surface area contributed by atoms with Crippen LogP contribution in [0.3, 0.4) is 0 Å². The van der Waals surface area contributed by atoms with Gasteiger partial charge in [0.05, 0.1) is 0 Å². The van der Waals surface area contributed by atoms with E-state index in [2.05, 4.69) is 5.32 Å². The van der Waals surface area contributed by atoms with E-state index in [0.717, 1.165) is 0 Å². The Balaban J connectivity index is 2.14. The maximum atomic E-state index is 13.6. The molecule has 2 aromatic rings. The fourth-order valence-electron chi connectivity index (χ4n) is 2.05. The van der Waals surface area contributed by atoms with E-state index < -0.39 is 0 Å². The fourth-order valence-corrected chi connectivity index (χ4v) is 2.22. The molecule has 0 aliphatic carbocycles. The van der Waals surface area contributed by atoms with E-state index in [4.69, 9.17) is 11.6 Å². The van der Waals surface area contributed by atoms with Crippen LogP contribution in [0.4, 0.5) is 10.1 Å². The van der Waals surface area contributed by atoms with Gasteiger partial charge in [0, 0.05) is 27.4 Å². The number of rotatable bonds is 1. The van der Waals surface area contributed by atoms with Crippen molar-refractivity contribution in [3.63, 3.8) is 0 Å². The molecule has 0 atom stereocenters. The Morgan fingerprint density at radius 3 is 2.74 bits per heavy atom. The summed E-state index contributed by atoms with van der Waals surface area (Å²) in [7, 11) is 0. The third kappa shape index (κ3) is 2.13. The minimum atomic E-state index is -0.363. The summed E-state index contributed by atoms with van der Waals surface area (Å²) in [6, 6.07) is 11.4. The first-order valence-corrected chi connectivity index (χ1v) is 6.10. The molecule has 1 heterocycles. The number of hydrogen-bond donors (Lipinski definition) is 1. The second kappa shape index (κ2) is 4.52. The van der Waals surface area contributed by atoms with Crippen molar-refractivity contribution in [2.24, 2.45) is 0 Å². The van der Waals surface area contributed by atoms with Crippen LogP contribution in [-0.4, -0.2) is 5.91 Å². The molecule has 2 aromatic carbocycles. The molecule has 0 radical (unpaired) electrons. The van der Waals surface area contributed by atoms with Crippen molar-refractivity contribution < 1.29 is 9.18 Å². The molecule has 19 heavy (non-hydrogen) atoms. The van der Waals surface area contributed by atoms with Gasteiger partial charge >= 0.3 is 0 Å². The normalized spacial score (nSPS) is 15.5. The molecule has 3 rings (SSSR count). The van der Waals surface area contributed by atoms with Crippen molar-refractivity contribution in [2.45, 2.75) is 0 Å². The van der Waals surface area contributed by atoms with Crippen LogP contribution >= 0.6 is 11.6 Å². The zero-order chi connectivity index (χ0) is 13.4. The molecule has 0 aromatic heterocycles. The number of carbonyl (C=O) groups excluding carboxylic acids is 1. The Morgan fingerprint density at radius 2 is 1.95 bits per heavy atom. The molecule has 1 amide bonds. The van der Waals surface area contributed by atoms with Gasteiger partial charge < -0.3 is 5.32 Å². The highest BCUT2D eigenvalue weighted by Crippen LogP contribution is 2.35. The van der Waals surface area contributed by atoms with E-state index in [9.17, 15) is 9.18 Å². The SMILES string of the molecule is O=C1Nc2ccc(Cl)cc2/C1=C\c1ccccc1F. The minimum absolute atomic E-state index is 0.250. The molecule has 0 saturated carbocycles. The molecular formula is C15H9ClFNO. The van der Waals surface area contributed by atoms with Crippen LogP contribution in [0, 0.1) is 5.82 Å². The average molecular weight is 274 g/mol. The molecule has 4 heteroatoms. The van der Waals surface area contributed by atoms with Gasteiger partial charge in [0.2, 0.25) is 0 Å². The Labute approximate surface area is 114 Å². The smallest absolute Gasteiger partial charge is 0.256 e. The van der Waals surface area contributed by atoms with Gasteiger partial charge in [0.25, 0.3) is 5.91 Å². The average Bonchev–Trinajstić information content (AvgIpc) is 2.69. The molecule has 2 nitrogen and oxygen atoms in total. The highest BCUT2D eigenvalue weighted by atomic mass is 35.5. The van der Waals surface area contributed by atoms with Gasteiger partial charge in [-0.3, -0.25) is 4.79 Å². The molecule has 0 unspecified atom stereocenters. The quantitative estimate of drug-likeness (QED) is 0.783. The van der Waals surface area contributed by atoms with Gasteiger partial charge in [0.15, 0.2) is 0 Å². The molecule has 1 aliphatic heterocycles. The third-order valence-electron chi connectivity index (χ3n) is 2.97. The van der Waals surface area contributed by atoms with E-state index in [1.54, 1.807) is 36.4 Å². The topological polar surface area (TPSA) is 29.1 Å². The lowest BCUT2D eigenvalue weighted by atomic mass is 10.0. The summed E-state index contributed by atoms with van der Waals surface area (Å²) < 4.78 is 13.6. The summed E-state index contributed by atoms with van der Waals surface area (Å²) in [6.45, 7) is 0. The van der Waals surface area contributed by atoms with Crippen LogP contribution in [0.2, 0.25) is 5.02 Å².